The summed E-state index contributed by atoms with van der Waals surface area (Å²) in [6.45, 7) is 4.15. The van der Waals surface area contributed by atoms with E-state index < -0.39 is 20.0 Å². The first kappa shape index (κ1) is 16.4. The highest BCUT2D eigenvalue weighted by molar-refractivity contribution is 7.89. The summed E-state index contributed by atoms with van der Waals surface area (Å²) < 4.78 is 54.3. The summed E-state index contributed by atoms with van der Waals surface area (Å²) >= 11 is 0. The molecule has 0 bridgehead atoms. The van der Waals surface area contributed by atoms with E-state index in [1.807, 2.05) is 13.8 Å². The smallest absolute Gasteiger partial charge is 0.243 e. The third-order valence-electron chi connectivity index (χ3n) is 3.18. The van der Waals surface area contributed by atoms with E-state index in [0.717, 1.165) is 0 Å². The average Bonchev–Trinajstić information content (AvgIpc) is 2.36. The molecule has 0 spiro atoms. The summed E-state index contributed by atoms with van der Waals surface area (Å²) in [5.41, 5.74) is 0. The van der Waals surface area contributed by atoms with Gasteiger partial charge in [0, 0.05) is 13.1 Å². The van der Waals surface area contributed by atoms with Gasteiger partial charge in [0.2, 0.25) is 20.0 Å². The summed E-state index contributed by atoms with van der Waals surface area (Å²) in [7, 11) is -7.51. The fraction of sp³-hybridized carbons (Fsp3) is 0.500. The van der Waals surface area contributed by atoms with Crippen LogP contribution in [0.4, 0.5) is 0 Å². The molecule has 21 heavy (non-hydrogen) atoms. The van der Waals surface area contributed by atoms with E-state index in [2.05, 4.69) is 0 Å². The van der Waals surface area contributed by atoms with Crippen LogP contribution < -0.4 is 5.14 Å². The highest BCUT2D eigenvalue weighted by Gasteiger charge is 2.32. The highest BCUT2D eigenvalue weighted by atomic mass is 32.2. The molecule has 0 amide bonds. The minimum absolute atomic E-state index is 0.0381. The molecule has 118 valence electrons. The number of morpholine rings is 1. The van der Waals surface area contributed by atoms with E-state index >= 15 is 0 Å². The second-order valence-corrected chi connectivity index (χ2v) is 8.60. The van der Waals surface area contributed by atoms with Crippen LogP contribution in [0.1, 0.15) is 13.8 Å². The monoisotopic (exact) mass is 334 g/mol. The Balaban J connectivity index is 2.31. The fourth-order valence-corrected chi connectivity index (χ4v) is 4.38. The number of nitrogens with two attached hydrogens (primary N) is 1. The van der Waals surface area contributed by atoms with Crippen molar-refractivity contribution in [2.45, 2.75) is 35.8 Å². The molecule has 2 atom stereocenters. The summed E-state index contributed by atoms with van der Waals surface area (Å²) in [5, 5.41) is 4.99. The molecule has 1 heterocycles. The van der Waals surface area contributed by atoms with Crippen LogP contribution in [-0.4, -0.2) is 46.4 Å². The van der Waals surface area contributed by atoms with Crippen LogP contribution in [0.25, 0.3) is 0 Å². The molecule has 2 N–H and O–H groups in total. The number of sulfonamides is 2. The van der Waals surface area contributed by atoms with Crippen LogP contribution in [0.3, 0.4) is 0 Å². The lowest BCUT2D eigenvalue weighted by Gasteiger charge is -2.34. The molecular weight excluding hydrogens is 316 g/mol. The van der Waals surface area contributed by atoms with Gasteiger partial charge in [0.05, 0.1) is 22.0 Å². The molecule has 0 saturated carbocycles. The molecule has 2 rings (SSSR count). The number of nitrogens with zero attached hydrogens (tertiary/aromatic N) is 1. The van der Waals surface area contributed by atoms with Crippen LogP contribution in [-0.2, 0) is 24.8 Å². The molecule has 1 aromatic carbocycles. The second kappa shape index (κ2) is 5.65. The van der Waals surface area contributed by atoms with Gasteiger partial charge in [-0.15, -0.1) is 0 Å². The molecule has 1 saturated heterocycles. The van der Waals surface area contributed by atoms with Gasteiger partial charge in [-0.05, 0) is 38.1 Å². The SMILES string of the molecule is C[C@H]1CN(S(=O)(=O)c2ccc(S(N)(=O)=O)cc2)C[C@H](C)O1. The second-order valence-electron chi connectivity index (χ2n) is 5.10. The number of benzene rings is 1. The Bertz CT molecular complexity index is 703. The average molecular weight is 334 g/mol. The Labute approximate surface area is 124 Å². The predicted molar refractivity (Wildman–Crippen MR) is 76.6 cm³/mol. The minimum atomic E-state index is -3.84. The molecule has 0 radical (unpaired) electrons. The Morgan fingerprint density at radius 2 is 1.43 bits per heavy atom. The zero-order chi connectivity index (χ0) is 15.8. The van der Waals surface area contributed by atoms with Crippen molar-refractivity contribution in [1.82, 2.24) is 4.31 Å². The van der Waals surface area contributed by atoms with E-state index in [1.165, 1.54) is 28.6 Å². The van der Waals surface area contributed by atoms with Crippen molar-refractivity contribution in [3.8, 4) is 0 Å². The van der Waals surface area contributed by atoms with Gasteiger partial charge in [-0.3, -0.25) is 0 Å². The van der Waals surface area contributed by atoms with Gasteiger partial charge < -0.3 is 4.74 Å². The number of hydrogen-bond donors (Lipinski definition) is 1. The largest absolute Gasteiger partial charge is 0.373 e. The van der Waals surface area contributed by atoms with Gasteiger partial charge in [-0.25, -0.2) is 22.0 Å². The molecule has 0 unspecified atom stereocenters. The molecule has 9 heteroatoms. The van der Waals surface area contributed by atoms with Crippen molar-refractivity contribution in [3.05, 3.63) is 24.3 Å². The molecule has 7 nitrogen and oxygen atoms in total. The van der Waals surface area contributed by atoms with Crippen LogP contribution in [0.15, 0.2) is 34.1 Å². The number of primary sulfonamides is 1. The highest BCUT2D eigenvalue weighted by Crippen LogP contribution is 2.22. The first-order valence-corrected chi connectivity index (χ1v) is 9.38. The lowest BCUT2D eigenvalue weighted by Crippen LogP contribution is -2.48. The third kappa shape index (κ3) is 3.61. The van der Waals surface area contributed by atoms with Crippen molar-refractivity contribution >= 4 is 20.0 Å². The lowest BCUT2D eigenvalue weighted by atomic mass is 10.3. The first-order chi connectivity index (χ1) is 9.60. The van der Waals surface area contributed by atoms with Crippen LogP contribution in [0.5, 0.6) is 0 Å². The maximum absolute atomic E-state index is 12.5. The standard InChI is InChI=1S/C12H18N2O5S2/c1-9-7-14(8-10(2)19-9)21(17,18)12-5-3-11(4-6-12)20(13,15)16/h3-6,9-10H,7-8H2,1-2H3,(H2,13,15,16)/t9-,10-/m0/s1. The predicted octanol–water partition coefficient (Wildman–Crippen LogP) is 0.132. The van der Waals surface area contributed by atoms with Gasteiger partial charge in [-0.1, -0.05) is 0 Å². The molecule has 0 aliphatic carbocycles. The number of ether oxygens (including phenoxy) is 1. The van der Waals surface area contributed by atoms with Gasteiger partial charge in [0.25, 0.3) is 0 Å². The Morgan fingerprint density at radius 3 is 1.86 bits per heavy atom. The van der Waals surface area contributed by atoms with E-state index in [-0.39, 0.29) is 35.1 Å². The maximum Gasteiger partial charge on any atom is 0.243 e. The van der Waals surface area contributed by atoms with Crippen molar-refractivity contribution in [1.29, 1.82) is 0 Å². The molecule has 1 aromatic rings. The Morgan fingerprint density at radius 1 is 1.00 bits per heavy atom. The lowest BCUT2D eigenvalue weighted by molar-refractivity contribution is -0.0440. The van der Waals surface area contributed by atoms with E-state index in [1.54, 1.807) is 0 Å². The van der Waals surface area contributed by atoms with Crippen LogP contribution in [0.2, 0.25) is 0 Å². The van der Waals surface area contributed by atoms with Crippen molar-refractivity contribution in [2.75, 3.05) is 13.1 Å². The maximum atomic E-state index is 12.5. The van der Waals surface area contributed by atoms with Crippen molar-refractivity contribution in [2.24, 2.45) is 5.14 Å². The summed E-state index contributed by atoms with van der Waals surface area (Å²) in [4.78, 5) is -0.0821. The fourth-order valence-electron chi connectivity index (χ4n) is 2.28. The zero-order valence-corrected chi connectivity index (χ0v) is 13.4. The number of hydrogen-bond acceptors (Lipinski definition) is 5. The Hall–Kier alpha value is -1.00. The first-order valence-electron chi connectivity index (χ1n) is 6.39. The summed E-state index contributed by atoms with van der Waals surface area (Å²) in [6.07, 6.45) is -0.376. The van der Waals surface area contributed by atoms with Crippen LogP contribution >= 0.6 is 0 Å². The summed E-state index contributed by atoms with van der Waals surface area (Å²) in [6, 6.07) is 4.88. The van der Waals surface area contributed by atoms with Gasteiger partial charge in [0.1, 0.15) is 0 Å². The molecule has 1 aliphatic heterocycles. The number of rotatable bonds is 3. The zero-order valence-electron chi connectivity index (χ0n) is 11.8. The van der Waals surface area contributed by atoms with Gasteiger partial charge in [-0.2, -0.15) is 4.31 Å². The van der Waals surface area contributed by atoms with Crippen molar-refractivity contribution in [3.63, 3.8) is 0 Å². The quantitative estimate of drug-likeness (QED) is 0.845. The molecular formula is C12H18N2O5S2. The molecule has 0 aromatic heterocycles. The van der Waals surface area contributed by atoms with E-state index in [9.17, 15) is 16.8 Å². The molecule has 1 aliphatic rings. The minimum Gasteiger partial charge on any atom is -0.373 e. The van der Waals surface area contributed by atoms with Crippen LogP contribution in [0, 0.1) is 0 Å². The van der Waals surface area contributed by atoms with Gasteiger partial charge >= 0.3 is 0 Å². The van der Waals surface area contributed by atoms with Gasteiger partial charge in [0.15, 0.2) is 0 Å². The molecule has 1 fully saturated rings. The topological polar surface area (TPSA) is 107 Å². The van der Waals surface area contributed by atoms with E-state index in [4.69, 9.17) is 9.88 Å². The van der Waals surface area contributed by atoms with E-state index in [0.29, 0.717) is 0 Å². The normalized spacial score (nSPS) is 24.9. The van der Waals surface area contributed by atoms with Crippen molar-refractivity contribution < 1.29 is 21.6 Å². The third-order valence-corrected chi connectivity index (χ3v) is 5.95. The Kier molecular flexibility index (Phi) is 4.41. The summed E-state index contributed by atoms with van der Waals surface area (Å²) in [5.74, 6) is 0.